The Bertz CT molecular complexity index is 706. The number of benzene rings is 1. The molecule has 0 saturated carbocycles. The SMILES string of the molecule is COCC1(CNS(=O)(=O)c2cc(Cl)cc(C(=O)OC)c2)CCCN1.Cl. The van der Waals surface area contributed by atoms with Gasteiger partial charge in [-0.3, -0.25) is 0 Å². The van der Waals surface area contributed by atoms with Crippen molar-refractivity contribution < 1.29 is 22.7 Å². The fourth-order valence-electron chi connectivity index (χ4n) is 2.74. The molecule has 1 saturated heterocycles. The molecule has 10 heteroatoms. The van der Waals surface area contributed by atoms with Gasteiger partial charge in [0.1, 0.15) is 0 Å². The van der Waals surface area contributed by atoms with Crippen LogP contribution in [-0.2, 0) is 19.5 Å². The quantitative estimate of drug-likeness (QED) is 0.660. The van der Waals surface area contributed by atoms with Crippen LogP contribution in [0.3, 0.4) is 0 Å². The van der Waals surface area contributed by atoms with E-state index in [4.69, 9.17) is 16.3 Å². The first-order chi connectivity index (χ1) is 11.3. The predicted molar refractivity (Wildman–Crippen MR) is 97.1 cm³/mol. The first-order valence-electron chi connectivity index (χ1n) is 7.44. The van der Waals surface area contributed by atoms with E-state index in [1.54, 1.807) is 7.11 Å². The van der Waals surface area contributed by atoms with Gasteiger partial charge in [0, 0.05) is 18.7 Å². The molecule has 2 N–H and O–H groups in total. The third kappa shape index (κ3) is 5.54. The Balaban J connectivity index is 0.00000312. The molecular formula is C15H22Cl2N2O5S. The second-order valence-electron chi connectivity index (χ2n) is 5.74. The summed E-state index contributed by atoms with van der Waals surface area (Å²) in [6.07, 6.45) is 1.76. The Labute approximate surface area is 158 Å². The summed E-state index contributed by atoms with van der Waals surface area (Å²) in [5.74, 6) is -0.651. The number of hydrogen-bond donors (Lipinski definition) is 2. The zero-order valence-corrected chi connectivity index (χ0v) is 16.4. The van der Waals surface area contributed by atoms with Gasteiger partial charge in [-0.25, -0.2) is 17.9 Å². The van der Waals surface area contributed by atoms with Crippen molar-refractivity contribution in [3.8, 4) is 0 Å². The van der Waals surface area contributed by atoms with E-state index in [1.807, 2.05) is 0 Å². The average molecular weight is 413 g/mol. The smallest absolute Gasteiger partial charge is 0.337 e. The van der Waals surface area contributed by atoms with Crippen LogP contribution in [0.1, 0.15) is 23.2 Å². The van der Waals surface area contributed by atoms with Crippen LogP contribution < -0.4 is 10.0 Å². The zero-order chi connectivity index (χ0) is 17.8. The van der Waals surface area contributed by atoms with Gasteiger partial charge in [0.2, 0.25) is 10.0 Å². The molecule has 0 aromatic heterocycles. The topological polar surface area (TPSA) is 93.7 Å². The van der Waals surface area contributed by atoms with E-state index >= 15 is 0 Å². The molecule has 1 aliphatic heterocycles. The lowest BCUT2D eigenvalue weighted by Crippen LogP contribution is -2.52. The second kappa shape index (κ2) is 9.16. The van der Waals surface area contributed by atoms with Gasteiger partial charge in [-0.05, 0) is 37.6 Å². The standard InChI is InChI=1S/C15H21ClN2O5S.ClH/c1-22-10-15(4-3-5-17-15)9-18-24(20,21)13-7-11(14(19)23-2)6-12(16)8-13;/h6-8,17-18H,3-5,9-10H2,1-2H3;1H. The van der Waals surface area contributed by atoms with E-state index in [-0.39, 0.29) is 34.4 Å². The van der Waals surface area contributed by atoms with E-state index < -0.39 is 21.5 Å². The molecule has 1 aromatic rings. The highest BCUT2D eigenvalue weighted by molar-refractivity contribution is 7.89. The summed E-state index contributed by atoms with van der Waals surface area (Å²) in [6.45, 7) is 1.40. The number of carbonyl (C=O) groups is 1. The molecule has 1 heterocycles. The Kier molecular flexibility index (Phi) is 8.11. The number of rotatable bonds is 7. The molecule has 0 spiro atoms. The number of halogens is 2. The van der Waals surface area contributed by atoms with Crippen LogP contribution in [0.15, 0.2) is 23.1 Å². The van der Waals surface area contributed by atoms with Gasteiger partial charge >= 0.3 is 5.97 Å². The van der Waals surface area contributed by atoms with E-state index in [1.165, 1.54) is 25.3 Å². The lowest BCUT2D eigenvalue weighted by Gasteiger charge is -2.28. The Morgan fingerprint density at radius 3 is 2.64 bits per heavy atom. The third-order valence-electron chi connectivity index (χ3n) is 3.96. The molecule has 0 aliphatic carbocycles. The number of sulfonamides is 1. The first-order valence-corrected chi connectivity index (χ1v) is 9.30. The minimum Gasteiger partial charge on any atom is -0.465 e. The van der Waals surface area contributed by atoms with Crippen LogP contribution in [-0.4, -0.2) is 53.8 Å². The monoisotopic (exact) mass is 412 g/mol. The minimum atomic E-state index is -3.83. The molecule has 0 bridgehead atoms. The molecule has 0 amide bonds. The summed E-state index contributed by atoms with van der Waals surface area (Å²) in [7, 11) is -1.03. The van der Waals surface area contributed by atoms with E-state index in [2.05, 4.69) is 14.8 Å². The van der Waals surface area contributed by atoms with Crippen molar-refractivity contribution in [3.05, 3.63) is 28.8 Å². The van der Waals surface area contributed by atoms with Crippen LogP contribution in [0.25, 0.3) is 0 Å². The summed E-state index contributed by atoms with van der Waals surface area (Å²) in [5, 5.41) is 3.44. The predicted octanol–water partition coefficient (Wildman–Crippen LogP) is 1.60. The minimum absolute atomic E-state index is 0. The molecule has 1 unspecified atom stereocenters. The number of nitrogens with one attached hydrogen (secondary N) is 2. The lowest BCUT2D eigenvalue weighted by atomic mass is 9.99. The maximum atomic E-state index is 12.6. The largest absolute Gasteiger partial charge is 0.465 e. The summed E-state index contributed by atoms with van der Waals surface area (Å²) >= 11 is 5.93. The Hall–Kier alpha value is -0.900. The zero-order valence-electron chi connectivity index (χ0n) is 14.0. The van der Waals surface area contributed by atoms with Crippen molar-refractivity contribution in [2.45, 2.75) is 23.3 Å². The second-order valence-corrected chi connectivity index (χ2v) is 7.94. The first kappa shape index (κ1) is 22.1. The van der Waals surface area contributed by atoms with Crippen LogP contribution in [0.5, 0.6) is 0 Å². The maximum Gasteiger partial charge on any atom is 0.337 e. The van der Waals surface area contributed by atoms with Gasteiger partial charge in [-0.2, -0.15) is 0 Å². The number of esters is 1. The van der Waals surface area contributed by atoms with Crippen molar-refractivity contribution in [1.82, 2.24) is 10.0 Å². The number of ether oxygens (including phenoxy) is 2. The van der Waals surface area contributed by atoms with Crippen LogP contribution in [0, 0.1) is 0 Å². The van der Waals surface area contributed by atoms with Gasteiger partial charge in [-0.15, -0.1) is 12.4 Å². The van der Waals surface area contributed by atoms with Gasteiger partial charge in [0.25, 0.3) is 0 Å². The van der Waals surface area contributed by atoms with Crippen molar-refractivity contribution in [2.24, 2.45) is 0 Å². The summed E-state index contributed by atoms with van der Waals surface area (Å²) in [4.78, 5) is 11.5. The highest BCUT2D eigenvalue weighted by Gasteiger charge is 2.35. The fourth-order valence-corrected chi connectivity index (χ4v) is 4.24. The van der Waals surface area contributed by atoms with Crippen LogP contribution in [0.2, 0.25) is 5.02 Å². The molecule has 0 radical (unpaired) electrons. The summed E-state index contributed by atoms with van der Waals surface area (Å²) < 4.78 is 37.5. The number of methoxy groups -OCH3 is 2. The molecule has 2 rings (SSSR count). The average Bonchev–Trinajstić information content (AvgIpc) is 3.01. The Morgan fingerprint density at radius 1 is 1.36 bits per heavy atom. The van der Waals surface area contributed by atoms with Crippen LogP contribution >= 0.6 is 24.0 Å². The van der Waals surface area contributed by atoms with Crippen LogP contribution in [0.4, 0.5) is 0 Å². The molecule has 1 atom stereocenters. The maximum absolute atomic E-state index is 12.6. The van der Waals surface area contributed by atoms with E-state index in [9.17, 15) is 13.2 Å². The van der Waals surface area contributed by atoms with Gasteiger partial charge in [-0.1, -0.05) is 11.6 Å². The van der Waals surface area contributed by atoms with Gasteiger partial charge in [0.05, 0.1) is 29.7 Å². The molecular weight excluding hydrogens is 391 g/mol. The highest BCUT2D eigenvalue weighted by atomic mass is 35.5. The van der Waals surface area contributed by atoms with E-state index in [0.29, 0.717) is 6.61 Å². The van der Waals surface area contributed by atoms with Crippen molar-refractivity contribution in [1.29, 1.82) is 0 Å². The molecule has 25 heavy (non-hydrogen) atoms. The fraction of sp³-hybridized carbons (Fsp3) is 0.533. The molecule has 1 aromatic carbocycles. The Morgan fingerprint density at radius 2 is 2.08 bits per heavy atom. The van der Waals surface area contributed by atoms with Crippen molar-refractivity contribution in [3.63, 3.8) is 0 Å². The summed E-state index contributed by atoms with van der Waals surface area (Å²) in [5.41, 5.74) is -0.345. The number of carbonyl (C=O) groups excluding carboxylic acids is 1. The van der Waals surface area contributed by atoms with Gasteiger partial charge < -0.3 is 14.8 Å². The molecule has 1 fully saturated rings. The molecule has 142 valence electrons. The lowest BCUT2D eigenvalue weighted by molar-refractivity contribution is 0.0600. The highest BCUT2D eigenvalue weighted by Crippen LogP contribution is 2.22. The van der Waals surface area contributed by atoms with Gasteiger partial charge in [0.15, 0.2) is 0 Å². The molecule has 7 nitrogen and oxygen atoms in total. The van der Waals surface area contributed by atoms with E-state index in [0.717, 1.165) is 19.4 Å². The van der Waals surface area contributed by atoms with Crippen molar-refractivity contribution >= 4 is 40.0 Å². The normalized spacial score (nSPS) is 20.1. The molecule has 1 aliphatic rings. The van der Waals surface area contributed by atoms with Crippen molar-refractivity contribution in [2.75, 3.05) is 33.9 Å². The summed E-state index contributed by atoms with van der Waals surface area (Å²) in [6, 6.07) is 3.89. The third-order valence-corrected chi connectivity index (χ3v) is 5.55. The number of hydrogen-bond acceptors (Lipinski definition) is 6.